The molecule has 0 aliphatic rings. The lowest BCUT2D eigenvalue weighted by atomic mass is 10.1. The van der Waals surface area contributed by atoms with Crippen molar-refractivity contribution in [3.63, 3.8) is 0 Å². The molecule has 0 saturated carbocycles. The van der Waals surface area contributed by atoms with Gasteiger partial charge in [-0.15, -0.1) is 0 Å². The van der Waals surface area contributed by atoms with E-state index >= 15 is 0 Å². The number of fused-ring (bicyclic) bond motifs is 1. The maximum atomic E-state index is 12.5. The number of carbonyl (C=O) groups excluding carboxylic acids is 1. The van der Waals surface area contributed by atoms with E-state index in [4.69, 9.17) is 0 Å². The largest absolute Gasteiger partial charge is 0.345 e. The topological polar surface area (TPSA) is 34.0 Å². The van der Waals surface area contributed by atoms with Crippen molar-refractivity contribution >= 4 is 38.4 Å². The van der Waals surface area contributed by atoms with Crippen LogP contribution in [0.4, 0.5) is 5.69 Å². The SMILES string of the molecule is CCn1c(C)c(C)c2cc(C(=O)Nc3cccc(Br)c3)ccc21. The molecule has 3 nitrogen and oxygen atoms in total. The van der Waals surface area contributed by atoms with Gasteiger partial charge in [-0.2, -0.15) is 0 Å². The van der Waals surface area contributed by atoms with Crippen molar-refractivity contribution < 1.29 is 4.79 Å². The van der Waals surface area contributed by atoms with E-state index in [0.29, 0.717) is 5.56 Å². The maximum Gasteiger partial charge on any atom is 0.255 e. The van der Waals surface area contributed by atoms with Gasteiger partial charge < -0.3 is 9.88 Å². The lowest BCUT2D eigenvalue weighted by molar-refractivity contribution is 0.102. The molecule has 118 valence electrons. The Morgan fingerprint density at radius 2 is 1.96 bits per heavy atom. The van der Waals surface area contributed by atoms with Gasteiger partial charge >= 0.3 is 0 Å². The first-order valence-corrected chi connectivity index (χ1v) is 8.47. The number of anilines is 1. The number of hydrogen-bond acceptors (Lipinski definition) is 1. The van der Waals surface area contributed by atoms with Gasteiger partial charge in [0.15, 0.2) is 0 Å². The standard InChI is InChI=1S/C19H19BrN2O/c1-4-22-13(3)12(2)17-10-14(8-9-18(17)22)19(23)21-16-7-5-6-15(20)11-16/h5-11H,4H2,1-3H3,(H,21,23). The predicted octanol–water partition coefficient (Wildman–Crippen LogP) is 5.29. The smallest absolute Gasteiger partial charge is 0.255 e. The highest BCUT2D eigenvalue weighted by Crippen LogP contribution is 2.26. The number of amides is 1. The molecule has 0 atom stereocenters. The lowest BCUT2D eigenvalue weighted by Gasteiger charge is -2.07. The van der Waals surface area contributed by atoms with Gasteiger partial charge in [0.25, 0.3) is 5.91 Å². The fourth-order valence-corrected chi connectivity index (χ4v) is 3.37. The third-order valence-corrected chi connectivity index (χ3v) is 4.79. The van der Waals surface area contributed by atoms with Gasteiger partial charge in [-0.25, -0.2) is 0 Å². The van der Waals surface area contributed by atoms with E-state index in [1.165, 1.54) is 16.8 Å². The second-order valence-electron chi connectivity index (χ2n) is 5.65. The van der Waals surface area contributed by atoms with E-state index in [1.54, 1.807) is 0 Å². The Kier molecular flexibility index (Phi) is 4.26. The number of nitrogens with zero attached hydrogens (tertiary/aromatic N) is 1. The number of carbonyl (C=O) groups is 1. The highest BCUT2D eigenvalue weighted by Gasteiger charge is 2.13. The molecule has 0 aliphatic carbocycles. The zero-order valence-corrected chi connectivity index (χ0v) is 15.1. The van der Waals surface area contributed by atoms with Crippen LogP contribution in [0, 0.1) is 13.8 Å². The maximum absolute atomic E-state index is 12.5. The summed E-state index contributed by atoms with van der Waals surface area (Å²) in [6.45, 7) is 7.30. The van der Waals surface area contributed by atoms with Crippen LogP contribution in [0.2, 0.25) is 0 Å². The summed E-state index contributed by atoms with van der Waals surface area (Å²) >= 11 is 3.41. The fraction of sp³-hybridized carbons (Fsp3) is 0.211. The third-order valence-electron chi connectivity index (χ3n) is 4.30. The Morgan fingerprint density at radius 1 is 1.17 bits per heavy atom. The zero-order valence-electron chi connectivity index (χ0n) is 13.5. The first-order valence-electron chi connectivity index (χ1n) is 7.67. The van der Waals surface area contributed by atoms with Crippen LogP contribution in [0.25, 0.3) is 10.9 Å². The van der Waals surface area contributed by atoms with Crippen molar-refractivity contribution in [1.82, 2.24) is 4.57 Å². The summed E-state index contributed by atoms with van der Waals surface area (Å²) in [5, 5.41) is 4.09. The molecule has 0 saturated heterocycles. The number of halogens is 1. The van der Waals surface area contributed by atoms with Crippen molar-refractivity contribution in [2.45, 2.75) is 27.3 Å². The Labute approximate surface area is 144 Å². The number of rotatable bonds is 3. The third kappa shape index (κ3) is 2.91. The summed E-state index contributed by atoms with van der Waals surface area (Å²) in [6, 6.07) is 13.5. The predicted molar refractivity (Wildman–Crippen MR) is 99.2 cm³/mol. The minimum Gasteiger partial charge on any atom is -0.345 e. The van der Waals surface area contributed by atoms with Gasteiger partial charge in [0.1, 0.15) is 0 Å². The number of benzene rings is 2. The molecule has 1 heterocycles. The van der Waals surface area contributed by atoms with Crippen molar-refractivity contribution in [2.24, 2.45) is 0 Å². The molecule has 0 unspecified atom stereocenters. The summed E-state index contributed by atoms with van der Waals surface area (Å²) in [6.07, 6.45) is 0. The molecular formula is C19H19BrN2O. The first kappa shape index (κ1) is 15.8. The molecule has 1 amide bonds. The molecule has 2 aromatic carbocycles. The second-order valence-corrected chi connectivity index (χ2v) is 6.57. The number of aryl methyl sites for hydroxylation is 2. The molecule has 1 aromatic heterocycles. The van der Waals surface area contributed by atoms with Crippen LogP contribution in [-0.2, 0) is 6.54 Å². The van der Waals surface area contributed by atoms with Gasteiger partial charge in [0.05, 0.1) is 0 Å². The molecule has 0 bridgehead atoms. The van der Waals surface area contributed by atoms with E-state index < -0.39 is 0 Å². The van der Waals surface area contributed by atoms with Crippen molar-refractivity contribution in [3.8, 4) is 0 Å². The molecule has 0 radical (unpaired) electrons. The normalized spacial score (nSPS) is 11.0. The van der Waals surface area contributed by atoms with Crippen molar-refractivity contribution in [1.29, 1.82) is 0 Å². The van der Waals surface area contributed by atoms with Crippen LogP contribution < -0.4 is 5.32 Å². The molecule has 23 heavy (non-hydrogen) atoms. The van der Waals surface area contributed by atoms with E-state index in [-0.39, 0.29) is 5.91 Å². The molecule has 3 aromatic rings. The van der Waals surface area contributed by atoms with Crippen molar-refractivity contribution in [3.05, 3.63) is 63.8 Å². The van der Waals surface area contributed by atoms with Gasteiger partial charge in [-0.3, -0.25) is 4.79 Å². The van der Waals surface area contributed by atoms with Gasteiger partial charge in [0.2, 0.25) is 0 Å². The van der Waals surface area contributed by atoms with E-state index in [1.807, 2.05) is 42.5 Å². The van der Waals surface area contributed by atoms with Crippen LogP contribution in [-0.4, -0.2) is 10.5 Å². The molecule has 1 N–H and O–H groups in total. The summed E-state index contributed by atoms with van der Waals surface area (Å²) < 4.78 is 3.22. The fourth-order valence-electron chi connectivity index (χ4n) is 2.97. The number of nitrogens with one attached hydrogen (secondary N) is 1. The molecule has 4 heteroatoms. The van der Waals surface area contributed by atoms with Gasteiger partial charge in [0, 0.05) is 38.9 Å². The number of hydrogen-bond donors (Lipinski definition) is 1. The summed E-state index contributed by atoms with van der Waals surface area (Å²) in [5.41, 5.74) is 5.13. The zero-order chi connectivity index (χ0) is 16.6. The molecule has 3 rings (SSSR count). The minimum absolute atomic E-state index is 0.0914. The average molecular weight is 371 g/mol. The Bertz CT molecular complexity index is 896. The van der Waals surface area contributed by atoms with E-state index in [2.05, 4.69) is 46.6 Å². The molecule has 0 aliphatic heterocycles. The van der Waals surface area contributed by atoms with E-state index in [9.17, 15) is 4.79 Å². The average Bonchev–Trinajstić information content (AvgIpc) is 2.78. The Morgan fingerprint density at radius 3 is 2.65 bits per heavy atom. The minimum atomic E-state index is -0.0914. The summed E-state index contributed by atoms with van der Waals surface area (Å²) in [7, 11) is 0. The van der Waals surface area contributed by atoms with E-state index in [0.717, 1.165) is 22.1 Å². The van der Waals surface area contributed by atoms with Crippen LogP contribution >= 0.6 is 15.9 Å². The van der Waals surface area contributed by atoms with Gasteiger partial charge in [-0.1, -0.05) is 22.0 Å². The molecule has 0 spiro atoms. The first-order chi connectivity index (χ1) is 11.0. The number of aromatic nitrogens is 1. The van der Waals surface area contributed by atoms with Crippen LogP contribution in [0.1, 0.15) is 28.5 Å². The second kappa shape index (κ2) is 6.20. The monoisotopic (exact) mass is 370 g/mol. The lowest BCUT2D eigenvalue weighted by Crippen LogP contribution is -2.11. The molecular weight excluding hydrogens is 352 g/mol. The molecule has 0 fully saturated rings. The van der Waals surface area contributed by atoms with Crippen LogP contribution in [0.3, 0.4) is 0 Å². The summed E-state index contributed by atoms with van der Waals surface area (Å²) in [5.74, 6) is -0.0914. The highest BCUT2D eigenvalue weighted by molar-refractivity contribution is 9.10. The van der Waals surface area contributed by atoms with Gasteiger partial charge in [-0.05, 0) is 62.7 Å². The summed E-state index contributed by atoms with van der Waals surface area (Å²) in [4.78, 5) is 12.5. The Hall–Kier alpha value is -2.07. The Balaban J connectivity index is 1.97. The van der Waals surface area contributed by atoms with Crippen LogP contribution in [0.5, 0.6) is 0 Å². The highest BCUT2D eigenvalue weighted by atomic mass is 79.9. The van der Waals surface area contributed by atoms with Crippen molar-refractivity contribution in [2.75, 3.05) is 5.32 Å². The quantitative estimate of drug-likeness (QED) is 0.667. The van der Waals surface area contributed by atoms with Crippen LogP contribution in [0.15, 0.2) is 46.9 Å².